The van der Waals surface area contributed by atoms with Crippen molar-refractivity contribution in [3.8, 4) is 16.9 Å². The van der Waals surface area contributed by atoms with Crippen molar-refractivity contribution in [2.24, 2.45) is 0 Å². The first kappa shape index (κ1) is 24.5. The molecule has 8 nitrogen and oxygen atoms in total. The quantitative estimate of drug-likeness (QED) is 0.348. The molecule has 0 saturated heterocycles. The van der Waals surface area contributed by atoms with E-state index in [4.69, 9.17) is 11.6 Å². The van der Waals surface area contributed by atoms with Gasteiger partial charge in [0.2, 0.25) is 0 Å². The number of carbonyl (C=O) groups excluding carboxylic acids is 2. The van der Waals surface area contributed by atoms with Gasteiger partial charge in [0.05, 0.1) is 22.4 Å². The molecule has 0 unspecified atom stereocenters. The fourth-order valence-electron chi connectivity index (χ4n) is 3.98. The fourth-order valence-corrected chi connectivity index (χ4v) is 4.22. The lowest BCUT2D eigenvalue weighted by atomic mass is 9.89. The van der Waals surface area contributed by atoms with Crippen molar-refractivity contribution in [1.82, 2.24) is 20.1 Å². The lowest BCUT2D eigenvalue weighted by Crippen LogP contribution is -2.46. The largest absolute Gasteiger partial charge is 0.393 e. The molecule has 1 aliphatic rings. The van der Waals surface area contributed by atoms with Crippen LogP contribution in [-0.2, 0) is 0 Å². The van der Waals surface area contributed by atoms with Gasteiger partial charge in [-0.1, -0.05) is 29.8 Å². The van der Waals surface area contributed by atoms with Gasteiger partial charge in [0, 0.05) is 23.9 Å². The smallest absolute Gasteiger partial charge is 0.272 e. The molecule has 0 aliphatic heterocycles. The molecule has 0 spiro atoms. The number of aromatic nitrogens is 3. The van der Waals surface area contributed by atoms with Gasteiger partial charge in [-0.25, -0.2) is 13.5 Å². The molecule has 4 aromatic rings. The van der Waals surface area contributed by atoms with Crippen LogP contribution in [0.15, 0.2) is 66.9 Å². The van der Waals surface area contributed by atoms with Gasteiger partial charge in [-0.3, -0.25) is 14.6 Å². The number of rotatable bonds is 6. The summed E-state index contributed by atoms with van der Waals surface area (Å²) >= 11 is 6.17. The van der Waals surface area contributed by atoms with E-state index in [0.717, 1.165) is 18.2 Å². The number of para-hydroxylation sites is 1. The molecule has 2 aromatic heterocycles. The standard InChI is InChI=1S/C26H20ClF2N5O3/c27-19-12-21(29)18(24-20(28)7-4-8-30-24)11-17(19)25(36)32-23-13-22(26(37)31-14-9-16(35)10-14)33-34(23)15-5-2-1-3-6-15/h1-8,11-14,16,35H,9-10H2,(H,31,37)(H,32,36). The second-order valence-electron chi connectivity index (χ2n) is 8.56. The Hall–Kier alpha value is -4.15. The zero-order valence-electron chi connectivity index (χ0n) is 19.2. The number of aliphatic hydroxyl groups excluding tert-OH is 1. The number of nitrogens with zero attached hydrogens (tertiary/aromatic N) is 3. The second kappa shape index (κ2) is 10.1. The molecule has 37 heavy (non-hydrogen) atoms. The summed E-state index contributed by atoms with van der Waals surface area (Å²) in [4.78, 5) is 29.9. The number of halogens is 3. The third-order valence-corrected chi connectivity index (χ3v) is 6.26. The number of benzene rings is 2. The number of hydrogen-bond donors (Lipinski definition) is 3. The van der Waals surface area contributed by atoms with Crippen LogP contribution in [0.5, 0.6) is 0 Å². The Morgan fingerprint density at radius 3 is 2.46 bits per heavy atom. The molecule has 2 aromatic carbocycles. The SMILES string of the molecule is O=C(NC1CC(O)C1)c1cc(NC(=O)c2cc(-c3ncccc3F)c(F)cc2Cl)n(-c2ccccc2)n1. The first-order chi connectivity index (χ1) is 17.8. The number of nitrogens with one attached hydrogen (secondary N) is 2. The summed E-state index contributed by atoms with van der Waals surface area (Å²) in [7, 11) is 0. The van der Waals surface area contributed by atoms with Crippen LogP contribution in [0.1, 0.15) is 33.7 Å². The van der Waals surface area contributed by atoms with Crippen LogP contribution in [0.2, 0.25) is 5.02 Å². The number of anilines is 1. The molecular weight excluding hydrogens is 504 g/mol. The summed E-state index contributed by atoms with van der Waals surface area (Å²) in [6.07, 6.45) is 1.78. The summed E-state index contributed by atoms with van der Waals surface area (Å²) in [6.45, 7) is 0. The summed E-state index contributed by atoms with van der Waals surface area (Å²) in [5, 5.41) is 19.1. The molecule has 1 saturated carbocycles. The van der Waals surface area contributed by atoms with Gasteiger partial charge in [0.1, 0.15) is 23.1 Å². The second-order valence-corrected chi connectivity index (χ2v) is 8.96. The Kier molecular flexibility index (Phi) is 6.68. The van der Waals surface area contributed by atoms with Crippen molar-refractivity contribution >= 4 is 29.2 Å². The maximum absolute atomic E-state index is 14.6. The van der Waals surface area contributed by atoms with Crippen LogP contribution < -0.4 is 10.6 Å². The van der Waals surface area contributed by atoms with Crippen LogP contribution in [-0.4, -0.2) is 43.8 Å². The minimum Gasteiger partial charge on any atom is -0.393 e. The van der Waals surface area contributed by atoms with Gasteiger partial charge in [-0.15, -0.1) is 0 Å². The van der Waals surface area contributed by atoms with Crippen LogP contribution in [0, 0.1) is 11.6 Å². The Labute approximate surface area is 214 Å². The van der Waals surface area contributed by atoms with Gasteiger partial charge >= 0.3 is 0 Å². The van der Waals surface area contributed by atoms with Gasteiger partial charge in [0.15, 0.2) is 5.69 Å². The van der Waals surface area contributed by atoms with Crippen LogP contribution >= 0.6 is 11.6 Å². The molecule has 0 radical (unpaired) electrons. The summed E-state index contributed by atoms with van der Waals surface area (Å²) in [5.74, 6) is -2.63. The number of amides is 2. The van der Waals surface area contributed by atoms with E-state index in [1.807, 2.05) is 0 Å². The van der Waals surface area contributed by atoms with Crippen molar-refractivity contribution in [3.63, 3.8) is 0 Å². The van der Waals surface area contributed by atoms with Gasteiger partial charge < -0.3 is 15.7 Å². The van der Waals surface area contributed by atoms with Crippen molar-refractivity contribution in [2.75, 3.05) is 5.32 Å². The van der Waals surface area contributed by atoms with Gasteiger partial charge in [0.25, 0.3) is 11.8 Å². The zero-order valence-corrected chi connectivity index (χ0v) is 19.9. The van der Waals surface area contributed by atoms with E-state index in [1.165, 1.54) is 23.0 Å². The first-order valence-electron chi connectivity index (χ1n) is 11.4. The third-order valence-electron chi connectivity index (χ3n) is 5.95. The van der Waals surface area contributed by atoms with Crippen molar-refractivity contribution in [1.29, 1.82) is 0 Å². The first-order valence-corrected chi connectivity index (χ1v) is 11.7. The summed E-state index contributed by atoms with van der Waals surface area (Å²) < 4.78 is 30.3. The normalized spacial score (nSPS) is 16.6. The monoisotopic (exact) mass is 523 g/mol. The lowest BCUT2D eigenvalue weighted by Gasteiger charge is -2.31. The van der Waals surface area contributed by atoms with E-state index >= 15 is 0 Å². The number of hydrogen-bond acceptors (Lipinski definition) is 5. The highest BCUT2D eigenvalue weighted by atomic mass is 35.5. The Morgan fingerprint density at radius 2 is 1.76 bits per heavy atom. The van der Waals surface area contributed by atoms with Crippen LogP contribution in [0.3, 0.4) is 0 Å². The molecule has 11 heteroatoms. The van der Waals surface area contributed by atoms with Gasteiger partial charge in [-0.2, -0.15) is 5.10 Å². The van der Waals surface area contributed by atoms with E-state index in [9.17, 15) is 23.5 Å². The molecule has 2 heterocycles. The Balaban J connectivity index is 1.48. The van der Waals surface area contributed by atoms with E-state index in [1.54, 1.807) is 30.3 Å². The minimum absolute atomic E-state index is 0.0435. The van der Waals surface area contributed by atoms with E-state index < -0.39 is 29.6 Å². The van der Waals surface area contributed by atoms with Crippen molar-refractivity contribution in [2.45, 2.75) is 25.0 Å². The van der Waals surface area contributed by atoms with E-state index in [0.29, 0.717) is 18.5 Å². The zero-order chi connectivity index (χ0) is 26.1. The summed E-state index contributed by atoms with van der Waals surface area (Å²) in [5.41, 5.74) is -0.00942. The van der Waals surface area contributed by atoms with Gasteiger partial charge in [-0.05, 0) is 49.2 Å². The molecule has 2 amide bonds. The molecule has 3 N–H and O–H groups in total. The van der Waals surface area contributed by atoms with E-state index in [-0.39, 0.29) is 39.4 Å². The number of pyridine rings is 1. The predicted octanol–water partition coefficient (Wildman–Crippen LogP) is 4.37. The van der Waals surface area contributed by atoms with E-state index in [2.05, 4.69) is 20.7 Å². The molecule has 0 bridgehead atoms. The molecule has 188 valence electrons. The molecule has 0 atom stereocenters. The molecule has 5 rings (SSSR count). The maximum Gasteiger partial charge on any atom is 0.272 e. The highest BCUT2D eigenvalue weighted by Crippen LogP contribution is 2.30. The molecular formula is C26H20ClF2N5O3. The third kappa shape index (κ3) is 5.07. The fraction of sp³-hybridized carbons (Fsp3) is 0.154. The average molecular weight is 524 g/mol. The number of aliphatic hydroxyl groups is 1. The topological polar surface area (TPSA) is 109 Å². The molecule has 1 aliphatic carbocycles. The highest BCUT2D eigenvalue weighted by Gasteiger charge is 2.30. The lowest BCUT2D eigenvalue weighted by molar-refractivity contribution is 0.0560. The predicted molar refractivity (Wildman–Crippen MR) is 133 cm³/mol. The maximum atomic E-state index is 14.6. The number of carbonyl (C=O) groups is 2. The highest BCUT2D eigenvalue weighted by molar-refractivity contribution is 6.34. The summed E-state index contributed by atoms with van der Waals surface area (Å²) in [6, 6.07) is 14.6. The van der Waals surface area contributed by atoms with Crippen LogP contribution in [0.25, 0.3) is 16.9 Å². The van der Waals surface area contributed by atoms with Crippen molar-refractivity contribution in [3.05, 3.63) is 94.8 Å². The Bertz CT molecular complexity index is 1490. The van der Waals surface area contributed by atoms with Crippen LogP contribution in [0.4, 0.5) is 14.6 Å². The molecule has 1 fully saturated rings. The Morgan fingerprint density at radius 1 is 1.00 bits per heavy atom. The minimum atomic E-state index is -0.839. The van der Waals surface area contributed by atoms with Crippen molar-refractivity contribution < 1.29 is 23.5 Å². The average Bonchev–Trinajstić information content (AvgIpc) is 3.28.